The molecule has 0 bridgehead atoms. The molecule has 0 saturated carbocycles. The molecule has 0 spiro atoms. The maximum absolute atomic E-state index is 11.0. The third-order valence-corrected chi connectivity index (χ3v) is 4.95. The number of hydrogen-bond acceptors (Lipinski definition) is 4. The highest BCUT2D eigenvalue weighted by Crippen LogP contribution is 2.29. The highest BCUT2D eigenvalue weighted by molar-refractivity contribution is 7.99. The Balaban J connectivity index is 2.08. The molecule has 1 saturated heterocycles. The molecule has 1 N–H and O–H groups in total. The summed E-state index contributed by atoms with van der Waals surface area (Å²) in [5.74, 6) is 2.13. The lowest BCUT2D eigenvalue weighted by Crippen LogP contribution is -2.44. The number of hydrogen-bond donors (Lipinski definition) is 1. The summed E-state index contributed by atoms with van der Waals surface area (Å²) in [6, 6.07) is 8.47. The summed E-state index contributed by atoms with van der Waals surface area (Å²) in [4.78, 5) is 13.4. The van der Waals surface area contributed by atoms with Gasteiger partial charge in [-0.1, -0.05) is 12.1 Å². The van der Waals surface area contributed by atoms with Crippen LogP contribution in [-0.4, -0.2) is 46.7 Å². The molecule has 1 heterocycles. The van der Waals surface area contributed by atoms with E-state index in [0.29, 0.717) is 6.61 Å². The van der Waals surface area contributed by atoms with Gasteiger partial charge in [0.25, 0.3) is 0 Å². The second kappa shape index (κ2) is 7.71. The number of thioether (sulfide) groups is 1. The van der Waals surface area contributed by atoms with Crippen LogP contribution in [0.3, 0.4) is 0 Å². The maximum atomic E-state index is 11.0. The number of carboxylic acids is 1. The molecule has 2 atom stereocenters. The molecule has 0 radical (unpaired) electrons. The first kappa shape index (κ1) is 16.2. The summed E-state index contributed by atoms with van der Waals surface area (Å²) in [5, 5.41) is 9.08. The Bertz CT molecular complexity index is 463. The molecule has 1 aromatic rings. The zero-order valence-electron chi connectivity index (χ0n) is 12.6. The first-order valence-corrected chi connectivity index (χ1v) is 8.55. The van der Waals surface area contributed by atoms with Crippen LogP contribution in [0.2, 0.25) is 0 Å². The minimum atomic E-state index is -0.716. The van der Waals surface area contributed by atoms with Crippen molar-refractivity contribution in [1.29, 1.82) is 0 Å². The topological polar surface area (TPSA) is 49.8 Å². The monoisotopic (exact) mass is 309 g/mol. The van der Waals surface area contributed by atoms with Crippen molar-refractivity contribution < 1.29 is 14.6 Å². The summed E-state index contributed by atoms with van der Waals surface area (Å²) in [5.41, 5.74) is 1.21. The first-order valence-electron chi connectivity index (χ1n) is 7.40. The number of benzene rings is 1. The van der Waals surface area contributed by atoms with Gasteiger partial charge in [0.1, 0.15) is 5.75 Å². The number of carbonyl (C=O) groups is 1. The van der Waals surface area contributed by atoms with Crippen LogP contribution >= 0.6 is 11.8 Å². The predicted molar refractivity (Wildman–Crippen MR) is 86.1 cm³/mol. The minimum Gasteiger partial charge on any atom is -0.494 e. The highest BCUT2D eigenvalue weighted by Gasteiger charge is 2.29. The largest absolute Gasteiger partial charge is 0.494 e. The molecule has 116 valence electrons. The zero-order chi connectivity index (χ0) is 15.2. The fourth-order valence-corrected chi connectivity index (χ4v) is 3.84. The Morgan fingerprint density at radius 3 is 2.81 bits per heavy atom. The first-order chi connectivity index (χ1) is 10.1. The van der Waals surface area contributed by atoms with Gasteiger partial charge in [-0.3, -0.25) is 9.69 Å². The van der Waals surface area contributed by atoms with Gasteiger partial charge in [-0.25, -0.2) is 0 Å². The molecule has 2 rings (SSSR count). The van der Waals surface area contributed by atoms with Crippen LogP contribution in [0.5, 0.6) is 5.75 Å². The number of carboxylic acid groups (broad SMARTS) is 1. The van der Waals surface area contributed by atoms with Crippen molar-refractivity contribution in [2.75, 3.05) is 24.7 Å². The quantitative estimate of drug-likeness (QED) is 0.875. The smallest absolute Gasteiger partial charge is 0.304 e. The van der Waals surface area contributed by atoms with E-state index < -0.39 is 5.97 Å². The molecule has 4 nitrogen and oxygen atoms in total. The third-order valence-electron chi connectivity index (χ3n) is 3.85. The van der Waals surface area contributed by atoms with Gasteiger partial charge in [0, 0.05) is 30.1 Å². The normalized spacial score (nSPS) is 21.0. The van der Waals surface area contributed by atoms with Crippen molar-refractivity contribution >= 4 is 17.7 Å². The van der Waals surface area contributed by atoms with E-state index in [-0.39, 0.29) is 18.5 Å². The van der Waals surface area contributed by atoms with Crippen molar-refractivity contribution in [3.8, 4) is 5.75 Å². The van der Waals surface area contributed by atoms with E-state index in [4.69, 9.17) is 9.84 Å². The standard InChI is InChI=1S/C16H23NO3S/c1-3-20-15-6-4-13(5-7-15)12(2)17-8-9-21-11-14(17)10-16(18)19/h4-7,12,14H,3,8-11H2,1-2H3,(H,18,19). The van der Waals surface area contributed by atoms with Crippen molar-refractivity contribution in [3.05, 3.63) is 29.8 Å². The van der Waals surface area contributed by atoms with Crippen LogP contribution in [-0.2, 0) is 4.79 Å². The summed E-state index contributed by atoms with van der Waals surface area (Å²) in [7, 11) is 0. The van der Waals surface area contributed by atoms with E-state index in [9.17, 15) is 4.79 Å². The third kappa shape index (κ3) is 4.38. The molecule has 21 heavy (non-hydrogen) atoms. The number of nitrogens with zero attached hydrogens (tertiary/aromatic N) is 1. The van der Waals surface area contributed by atoms with Gasteiger partial charge in [-0.15, -0.1) is 0 Å². The SMILES string of the molecule is CCOc1ccc(C(C)N2CCSCC2CC(=O)O)cc1. The Morgan fingerprint density at radius 1 is 1.48 bits per heavy atom. The van der Waals surface area contributed by atoms with Gasteiger partial charge >= 0.3 is 5.97 Å². The van der Waals surface area contributed by atoms with Crippen LogP contribution < -0.4 is 4.74 Å². The Hall–Kier alpha value is -1.20. The molecule has 1 aliphatic rings. The fraction of sp³-hybridized carbons (Fsp3) is 0.562. The van der Waals surface area contributed by atoms with E-state index in [0.717, 1.165) is 23.8 Å². The lowest BCUT2D eigenvalue weighted by atomic mass is 10.0. The van der Waals surface area contributed by atoms with E-state index >= 15 is 0 Å². The van der Waals surface area contributed by atoms with Crippen LogP contribution in [0, 0.1) is 0 Å². The summed E-state index contributed by atoms with van der Waals surface area (Å²) in [6.45, 7) is 5.73. The molecular weight excluding hydrogens is 286 g/mol. The molecule has 2 unspecified atom stereocenters. The van der Waals surface area contributed by atoms with E-state index in [1.165, 1.54) is 5.56 Å². The van der Waals surface area contributed by atoms with E-state index in [2.05, 4.69) is 24.0 Å². The fourth-order valence-electron chi connectivity index (χ4n) is 2.76. The lowest BCUT2D eigenvalue weighted by molar-refractivity contribution is -0.138. The molecule has 1 aliphatic heterocycles. The number of ether oxygens (including phenoxy) is 1. The molecule has 0 aromatic heterocycles. The summed E-state index contributed by atoms with van der Waals surface area (Å²) < 4.78 is 5.47. The summed E-state index contributed by atoms with van der Waals surface area (Å²) in [6.07, 6.45) is 0.217. The molecule has 0 aliphatic carbocycles. The van der Waals surface area contributed by atoms with E-state index in [1.807, 2.05) is 30.8 Å². The Morgan fingerprint density at radius 2 is 2.19 bits per heavy atom. The highest BCUT2D eigenvalue weighted by atomic mass is 32.2. The van der Waals surface area contributed by atoms with E-state index in [1.54, 1.807) is 0 Å². The summed E-state index contributed by atoms with van der Waals surface area (Å²) >= 11 is 1.85. The molecule has 5 heteroatoms. The number of aliphatic carboxylic acids is 1. The van der Waals surface area contributed by atoms with Crippen molar-refractivity contribution in [2.24, 2.45) is 0 Å². The van der Waals surface area contributed by atoms with Gasteiger partial charge in [-0.2, -0.15) is 11.8 Å². The Kier molecular flexibility index (Phi) is 5.94. The Labute approximate surface area is 130 Å². The predicted octanol–water partition coefficient (Wildman–Crippen LogP) is 3.04. The number of rotatable bonds is 6. The average molecular weight is 309 g/mol. The molecular formula is C16H23NO3S. The minimum absolute atomic E-state index is 0.114. The molecule has 0 amide bonds. The van der Waals surface area contributed by atoms with Crippen LogP contribution in [0.4, 0.5) is 0 Å². The van der Waals surface area contributed by atoms with Crippen LogP contribution in [0.15, 0.2) is 24.3 Å². The van der Waals surface area contributed by atoms with Gasteiger partial charge < -0.3 is 9.84 Å². The lowest BCUT2D eigenvalue weighted by Gasteiger charge is -2.39. The second-order valence-corrected chi connectivity index (χ2v) is 6.39. The van der Waals surface area contributed by atoms with Crippen molar-refractivity contribution in [1.82, 2.24) is 4.90 Å². The van der Waals surface area contributed by atoms with Gasteiger partial charge in [-0.05, 0) is 31.5 Å². The second-order valence-electron chi connectivity index (χ2n) is 5.24. The average Bonchev–Trinajstić information content (AvgIpc) is 2.48. The van der Waals surface area contributed by atoms with Crippen molar-refractivity contribution in [2.45, 2.75) is 32.4 Å². The van der Waals surface area contributed by atoms with Crippen LogP contribution in [0.25, 0.3) is 0 Å². The molecule has 1 fully saturated rings. The maximum Gasteiger partial charge on any atom is 0.304 e. The van der Waals surface area contributed by atoms with Gasteiger partial charge in [0.2, 0.25) is 0 Å². The zero-order valence-corrected chi connectivity index (χ0v) is 13.4. The molecule has 1 aromatic carbocycles. The van der Waals surface area contributed by atoms with Gasteiger partial charge in [0.15, 0.2) is 0 Å². The van der Waals surface area contributed by atoms with Crippen molar-refractivity contribution in [3.63, 3.8) is 0 Å². The van der Waals surface area contributed by atoms with Crippen LogP contribution in [0.1, 0.15) is 31.9 Å². The van der Waals surface area contributed by atoms with Gasteiger partial charge in [0.05, 0.1) is 13.0 Å².